The Kier molecular flexibility index (Phi) is 4.74. The van der Waals surface area contributed by atoms with Crippen LogP contribution in [-0.2, 0) is 9.47 Å². The van der Waals surface area contributed by atoms with Crippen LogP contribution in [0, 0.1) is 5.41 Å². The molecule has 0 aromatic rings. The summed E-state index contributed by atoms with van der Waals surface area (Å²) >= 11 is 0. The normalized spacial score (nSPS) is 18.4. The molecule has 0 aliphatic carbocycles. The van der Waals surface area contributed by atoms with Gasteiger partial charge in [-0.15, -0.1) is 0 Å². The Hall–Kier alpha value is -2.25. The molecule has 0 spiro atoms. The van der Waals surface area contributed by atoms with Gasteiger partial charge in [0.05, 0.1) is 0 Å². The summed E-state index contributed by atoms with van der Waals surface area (Å²) in [5.74, 6) is -0.284. The molecule has 0 fully saturated rings. The van der Waals surface area contributed by atoms with Gasteiger partial charge in [-0.25, -0.2) is 9.59 Å². The zero-order chi connectivity index (χ0) is 17.3. The molecule has 0 radical (unpaired) electrons. The van der Waals surface area contributed by atoms with Crippen LogP contribution in [0.25, 0.3) is 0 Å². The van der Waals surface area contributed by atoms with Crippen LogP contribution in [0.2, 0.25) is 0 Å². The first-order valence-corrected chi connectivity index (χ1v) is 6.88. The standard InChI is InChI=1S/C14H24N4O4/c1-13(2,3)21-11(19)17-8-7-9(10(15)16)18(17)12(20)22-14(4,5)6/h7-9H,1-6H3,(H3,15,16). The molecular formula is C14H24N4O4. The highest BCUT2D eigenvalue weighted by molar-refractivity contribution is 5.90. The van der Waals surface area contributed by atoms with Crippen LogP contribution < -0.4 is 5.73 Å². The van der Waals surface area contributed by atoms with Crippen LogP contribution in [0.4, 0.5) is 9.59 Å². The van der Waals surface area contributed by atoms with Gasteiger partial charge in [-0.05, 0) is 47.6 Å². The number of ether oxygens (including phenoxy) is 2. The number of hydrazine groups is 1. The van der Waals surface area contributed by atoms with Gasteiger partial charge in [-0.3, -0.25) is 5.41 Å². The van der Waals surface area contributed by atoms with E-state index in [0.717, 1.165) is 10.0 Å². The number of rotatable bonds is 1. The van der Waals surface area contributed by atoms with Gasteiger partial charge in [0.15, 0.2) is 0 Å². The number of nitrogens with zero attached hydrogens (tertiary/aromatic N) is 2. The number of nitrogens with one attached hydrogen (secondary N) is 1. The van der Waals surface area contributed by atoms with Gasteiger partial charge in [0.2, 0.25) is 0 Å². The average molecular weight is 312 g/mol. The number of nitrogens with two attached hydrogens (primary N) is 1. The minimum Gasteiger partial charge on any atom is -0.442 e. The summed E-state index contributed by atoms with van der Waals surface area (Å²) in [7, 11) is 0. The van der Waals surface area contributed by atoms with E-state index >= 15 is 0 Å². The fraction of sp³-hybridized carbons (Fsp3) is 0.643. The van der Waals surface area contributed by atoms with E-state index in [1.54, 1.807) is 41.5 Å². The fourth-order valence-electron chi connectivity index (χ4n) is 1.65. The van der Waals surface area contributed by atoms with Gasteiger partial charge < -0.3 is 15.2 Å². The SMILES string of the molecule is CC(C)(C)OC(=O)N1C=CC(C(=N)N)N1C(=O)OC(C)(C)C. The highest BCUT2D eigenvalue weighted by Crippen LogP contribution is 2.22. The summed E-state index contributed by atoms with van der Waals surface area (Å²) in [6.45, 7) is 10.2. The van der Waals surface area contributed by atoms with Crippen molar-refractivity contribution in [2.45, 2.75) is 58.8 Å². The zero-order valence-electron chi connectivity index (χ0n) is 13.8. The Bertz CT molecular complexity index is 502. The van der Waals surface area contributed by atoms with Crippen LogP contribution in [0.15, 0.2) is 12.3 Å². The number of amides is 2. The molecule has 1 unspecified atom stereocenters. The molecule has 22 heavy (non-hydrogen) atoms. The highest BCUT2D eigenvalue weighted by Gasteiger charge is 2.40. The topological polar surface area (TPSA) is 109 Å². The lowest BCUT2D eigenvalue weighted by atomic mass is 10.2. The van der Waals surface area contributed by atoms with E-state index in [0.29, 0.717) is 0 Å². The molecule has 8 heteroatoms. The third kappa shape index (κ3) is 4.64. The average Bonchev–Trinajstić information content (AvgIpc) is 2.68. The summed E-state index contributed by atoms with van der Waals surface area (Å²) < 4.78 is 10.5. The Morgan fingerprint density at radius 2 is 1.50 bits per heavy atom. The van der Waals surface area contributed by atoms with E-state index < -0.39 is 29.4 Å². The first-order valence-electron chi connectivity index (χ1n) is 6.88. The maximum absolute atomic E-state index is 12.3. The van der Waals surface area contributed by atoms with Crippen LogP contribution in [0.5, 0.6) is 0 Å². The first kappa shape index (κ1) is 17.8. The lowest BCUT2D eigenvalue weighted by Gasteiger charge is -2.34. The molecule has 2 amide bonds. The van der Waals surface area contributed by atoms with Crippen molar-refractivity contribution in [2.75, 3.05) is 0 Å². The summed E-state index contributed by atoms with van der Waals surface area (Å²) in [4.78, 5) is 24.5. The van der Waals surface area contributed by atoms with E-state index in [-0.39, 0.29) is 5.84 Å². The monoisotopic (exact) mass is 312 g/mol. The van der Waals surface area contributed by atoms with Gasteiger partial charge in [-0.1, -0.05) is 0 Å². The molecule has 1 aliphatic heterocycles. The van der Waals surface area contributed by atoms with Crippen molar-refractivity contribution < 1.29 is 19.1 Å². The number of hydrogen-bond acceptors (Lipinski definition) is 5. The van der Waals surface area contributed by atoms with E-state index in [9.17, 15) is 9.59 Å². The smallest absolute Gasteiger partial charge is 0.433 e. The largest absolute Gasteiger partial charge is 0.442 e. The van der Waals surface area contributed by atoms with Crippen molar-refractivity contribution in [1.29, 1.82) is 5.41 Å². The number of hydrogen-bond donors (Lipinski definition) is 2. The van der Waals surface area contributed by atoms with Crippen LogP contribution >= 0.6 is 0 Å². The van der Waals surface area contributed by atoms with Crippen LogP contribution in [0.3, 0.4) is 0 Å². The third-order valence-corrected chi connectivity index (χ3v) is 2.38. The lowest BCUT2D eigenvalue weighted by Crippen LogP contribution is -2.54. The minimum atomic E-state index is -0.887. The second kappa shape index (κ2) is 5.86. The summed E-state index contributed by atoms with van der Waals surface area (Å²) in [6.07, 6.45) is 1.25. The summed E-state index contributed by atoms with van der Waals surface area (Å²) in [5.41, 5.74) is 4.01. The molecule has 8 nitrogen and oxygen atoms in total. The van der Waals surface area contributed by atoms with Crippen molar-refractivity contribution in [1.82, 2.24) is 10.0 Å². The van der Waals surface area contributed by atoms with E-state index in [1.807, 2.05) is 0 Å². The Morgan fingerprint density at radius 3 is 1.91 bits per heavy atom. The third-order valence-electron chi connectivity index (χ3n) is 2.38. The predicted octanol–water partition coefficient (Wildman–Crippen LogP) is 2.21. The van der Waals surface area contributed by atoms with Crippen molar-refractivity contribution in [3.8, 4) is 0 Å². The van der Waals surface area contributed by atoms with E-state index in [4.69, 9.17) is 20.6 Å². The van der Waals surface area contributed by atoms with E-state index in [2.05, 4.69) is 0 Å². The second-order valence-corrected chi connectivity index (χ2v) is 6.89. The maximum atomic E-state index is 12.3. The van der Waals surface area contributed by atoms with E-state index in [1.165, 1.54) is 12.3 Å². The molecule has 124 valence electrons. The molecule has 1 atom stereocenters. The minimum absolute atomic E-state index is 0.284. The van der Waals surface area contributed by atoms with Crippen LogP contribution in [-0.4, -0.2) is 45.3 Å². The van der Waals surface area contributed by atoms with Crippen molar-refractivity contribution in [2.24, 2.45) is 5.73 Å². The zero-order valence-corrected chi connectivity index (χ0v) is 13.8. The number of amidine groups is 1. The first-order chi connectivity index (χ1) is 9.82. The molecule has 0 saturated carbocycles. The molecule has 1 rings (SSSR count). The number of carbonyl (C=O) groups is 2. The molecule has 0 saturated heterocycles. The Morgan fingerprint density at radius 1 is 1.05 bits per heavy atom. The van der Waals surface area contributed by atoms with Gasteiger partial charge in [0.1, 0.15) is 23.1 Å². The van der Waals surface area contributed by atoms with Crippen molar-refractivity contribution in [3.05, 3.63) is 12.3 Å². The van der Waals surface area contributed by atoms with Gasteiger partial charge >= 0.3 is 12.2 Å². The van der Waals surface area contributed by atoms with Gasteiger partial charge in [0.25, 0.3) is 0 Å². The molecule has 0 aromatic heterocycles. The molecule has 0 aromatic carbocycles. The molecular weight excluding hydrogens is 288 g/mol. The molecule has 1 aliphatic rings. The lowest BCUT2D eigenvalue weighted by molar-refractivity contribution is -0.0399. The molecule has 3 N–H and O–H groups in total. The summed E-state index contributed by atoms with van der Waals surface area (Å²) in [5, 5.41) is 9.48. The van der Waals surface area contributed by atoms with Gasteiger partial charge in [-0.2, -0.15) is 10.0 Å². The number of carbonyl (C=O) groups excluding carboxylic acids is 2. The fourth-order valence-corrected chi connectivity index (χ4v) is 1.65. The Labute approximate surface area is 130 Å². The van der Waals surface area contributed by atoms with Crippen molar-refractivity contribution in [3.63, 3.8) is 0 Å². The summed E-state index contributed by atoms with van der Waals surface area (Å²) in [6, 6.07) is -0.887. The quantitative estimate of drug-likeness (QED) is 0.570. The molecule has 0 bridgehead atoms. The second-order valence-electron chi connectivity index (χ2n) is 6.89. The highest BCUT2D eigenvalue weighted by atomic mass is 16.6. The van der Waals surface area contributed by atoms with Crippen molar-refractivity contribution >= 4 is 18.0 Å². The molecule has 1 heterocycles. The Balaban J connectivity index is 3.01. The van der Waals surface area contributed by atoms with Crippen LogP contribution in [0.1, 0.15) is 41.5 Å². The predicted molar refractivity (Wildman–Crippen MR) is 81.0 cm³/mol. The maximum Gasteiger partial charge on any atom is 0.433 e. The van der Waals surface area contributed by atoms with Gasteiger partial charge in [0, 0.05) is 6.20 Å².